The van der Waals surface area contributed by atoms with Crippen molar-refractivity contribution < 1.29 is 8.42 Å². The van der Waals surface area contributed by atoms with Crippen molar-refractivity contribution in [3.05, 3.63) is 35.9 Å². The van der Waals surface area contributed by atoms with Crippen molar-refractivity contribution in [1.29, 1.82) is 0 Å². The Balaban J connectivity index is 0.00000420. The number of nitrogens with one attached hydrogen (secondary N) is 3. The van der Waals surface area contributed by atoms with Crippen molar-refractivity contribution in [1.82, 2.24) is 20.3 Å². The predicted octanol–water partition coefficient (Wildman–Crippen LogP) is 2.15. The first-order chi connectivity index (χ1) is 13.4. The lowest BCUT2D eigenvalue weighted by Crippen LogP contribution is -2.50. The summed E-state index contributed by atoms with van der Waals surface area (Å²) in [6, 6.07) is 10.5. The second-order valence-electron chi connectivity index (χ2n) is 7.43. The maximum Gasteiger partial charge on any atom is 0.213 e. The largest absolute Gasteiger partial charge is 0.357 e. The lowest BCUT2D eigenvalue weighted by Gasteiger charge is -2.35. The van der Waals surface area contributed by atoms with E-state index in [9.17, 15) is 8.42 Å². The molecule has 9 heteroatoms. The molecule has 1 saturated heterocycles. The van der Waals surface area contributed by atoms with E-state index in [1.54, 1.807) is 0 Å². The van der Waals surface area contributed by atoms with Crippen LogP contribution < -0.4 is 15.4 Å². The quantitative estimate of drug-likeness (QED) is 0.256. The lowest BCUT2D eigenvalue weighted by molar-refractivity contribution is 0.167. The third-order valence-electron chi connectivity index (χ3n) is 4.91. The smallest absolute Gasteiger partial charge is 0.213 e. The second-order valence-corrected chi connectivity index (χ2v) is 9.36. The zero-order chi connectivity index (χ0) is 20.4. The van der Waals surface area contributed by atoms with E-state index in [0.717, 1.165) is 38.0 Å². The number of nitrogens with zero attached hydrogens (tertiary/aromatic N) is 2. The predicted molar refractivity (Wildman–Crippen MR) is 131 cm³/mol. The molecule has 1 aliphatic heterocycles. The summed E-state index contributed by atoms with van der Waals surface area (Å²) in [5.41, 5.74) is 0.942. The molecule has 0 bridgehead atoms. The van der Waals surface area contributed by atoms with Gasteiger partial charge in [-0.2, -0.15) is 0 Å². The van der Waals surface area contributed by atoms with Crippen molar-refractivity contribution in [3.63, 3.8) is 0 Å². The molecular weight excluding hydrogens is 501 g/mol. The zero-order valence-electron chi connectivity index (χ0n) is 17.7. The number of halogens is 1. The van der Waals surface area contributed by atoms with Crippen LogP contribution in [0.1, 0.15) is 39.2 Å². The van der Waals surface area contributed by atoms with Crippen LogP contribution in [-0.4, -0.2) is 63.3 Å². The van der Waals surface area contributed by atoms with Gasteiger partial charge in [0.1, 0.15) is 0 Å². The first-order valence-electron chi connectivity index (χ1n) is 10.2. The summed E-state index contributed by atoms with van der Waals surface area (Å²) in [4.78, 5) is 6.94. The highest BCUT2D eigenvalue weighted by atomic mass is 127. The third kappa shape index (κ3) is 10.1. The molecule has 0 saturated carbocycles. The van der Waals surface area contributed by atoms with E-state index >= 15 is 0 Å². The molecule has 2 rings (SSSR count). The second kappa shape index (κ2) is 13.4. The zero-order valence-corrected chi connectivity index (χ0v) is 20.9. The number of sulfonamides is 1. The van der Waals surface area contributed by atoms with Gasteiger partial charge < -0.3 is 15.5 Å². The highest BCUT2D eigenvalue weighted by molar-refractivity contribution is 14.0. The molecule has 7 nitrogen and oxygen atoms in total. The van der Waals surface area contributed by atoms with E-state index in [0.29, 0.717) is 24.6 Å². The Labute approximate surface area is 193 Å². The van der Waals surface area contributed by atoms with Crippen LogP contribution in [0.4, 0.5) is 0 Å². The van der Waals surface area contributed by atoms with Crippen molar-refractivity contribution in [2.24, 2.45) is 4.99 Å². The fraction of sp³-hybridized carbons (Fsp3) is 0.650. The van der Waals surface area contributed by atoms with Crippen LogP contribution >= 0.6 is 24.0 Å². The lowest BCUT2D eigenvalue weighted by atomic mass is 10.0. The summed E-state index contributed by atoms with van der Waals surface area (Å²) in [7, 11) is -3.36. The minimum atomic E-state index is -3.36. The maximum absolute atomic E-state index is 12.2. The molecule has 0 radical (unpaired) electrons. The van der Waals surface area contributed by atoms with Gasteiger partial charge in [-0.25, -0.2) is 13.1 Å². The standard InChI is InChI=1S/C20H35N5O2S.HI/c1-4-21-20(24-19-10-13-25(14-11-19)17(2)3)22-12-15-28(26,27)23-16-18-8-6-5-7-9-18;/h5-9,17,19,23H,4,10-16H2,1-3H3,(H2,21,22,24);1H. The van der Waals surface area contributed by atoms with Crippen LogP contribution in [0.25, 0.3) is 0 Å². The summed E-state index contributed by atoms with van der Waals surface area (Å²) in [6.07, 6.45) is 2.14. The Morgan fingerprint density at radius 1 is 1.21 bits per heavy atom. The third-order valence-corrected chi connectivity index (χ3v) is 6.22. The van der Waals surface area contributed by atoms with Crippen LogP contribution in [0.3, 0.4) is 0 Å². The summed E-state index contributed by atoms with van der Waals surface area (Å²) < 4.78 is 27.0. The van der Waals surface area contributed by atoms with Gasteiger partial charge in [0.2, 0.25) is 10.0 Å². The normalized spacial score (nSPS) is 16.5. The fourth-order valence-corrected chi connectivity index (χ4v) is 4.08. The van der Waals surface area contributed by atoms with E-state index < -0.39 is 10.0 Å². The molecule has 0 unspecified atom stereocenters. The molecule has 0 atom stereocenters. The number of piperidine rings is 1. The molecule has 0 amide bonds. The van der Waals surface area contributed by atoms with Gasteiger partial charge in [-0.1, -0.05) is 30.3 Å². The molecule has 1 heterocycles. The topological polar surface area (TPSA) is 85.8 Å². The number of rotatable bonds is 9. The molecule has 1 aromatic carbocycles. The van der Waals surface area contributed by atoms with E-state index in [1.807, 2.05) is 37.3 Å². The average Bonchev–Trinajstić information content (AvgIpc) is 2.68. The minimum absolute atomic E-state index is 0. The first-order valence-corrected chi connectivity index (χ1v) is 11.8. The molecule has 0 aliphatic carbocycles. The van der Waals surface area contributed by atoms with Crippen molar-refractivity contribution in [2.45, 2.75) is 52.2 Å². The molecule has 29 heavy (non-hydrogen) atoms. The van der Waals surface area contributed by atoms with Gasteiger partial charge in [0.25, 0.3) is 0 Å². The summed E-state index contributed by atoms with van der Waals surface area (Å²) in [5.74, 6) is 0.672. The molecular formula is C20H36IN5O2S. The number of benzene rings is 1. The molecule has 0 spiro atoms. The van der Waals surface area contributed by atoms with Crippen molar-refractivity contribution in [2.75, 3.05) is 31.9 Å². The van der Waals surface area contributed by atoms with Crippen LogP contribution in [0.5, 0.6) is 0 Å². The molecule has 166 valence electrons. The van der Waals surface area contributed by atoms with Gasteiger partial charge in [-0.3, -0.25) is 4.99 Å². The summed E-state index contributed by atoms with van der Waals surface area (Å²) >= 11 is 0. The molecule has 1 aliphatic rings. The number of aliphatic imine (C=N–C) groups is 1. The van der Waals surface area contributed by atoms with Gasteiger partial charge in [-0.15, -0.1) is 24.0 Å². The van der Waals surface area contributed by atoms with Gasteiger partial charge in [0, 0.05) is 38.3 Å². The average molecular weight is 538 g/mol. The minimum Gasteiger partial charge on any atom is -0.357 e. The first kappa shape index (κ1) is 26.1. The molecule has 1 fully saturated rings. The molecule has 3 N–H and O–H groups in total. The number of guanidine groups is 1. The van der Waals surface area contributed by atoms with Crippen molar-refractivity contribution in [3.8, 4) is 0 Å². The van der Waals surface area contributed by atoms with E-state index in [-0.39, 0.29) is 36.3 Å². The van der Waals surface area contributed by atoms with E-state index in [2.05, 4.69) is 39.1 Å². The summed E-state index contributed by atoms with van der Waals surface area (Å²) in [6.45, 7) is 9.90. The van der Waals surface area contributed by atoms with Crippen LogP contribution in [0, 0.1) is 0 Å². The highest BCUT2D eigenvalue weighted by Crippen LogP contribution is 2.12. The molecule has 1 aromatic rings. The monoisotopic (exact) mass is 537 g/mol. The van der Waals surface area contributed by atoms with E-state index in [4.69, 9.17) is 0 Å². The SMILES string of the molecule is CCNC(=NCCS(=O)(=O)NCc1ccccc1)NC1CCN(C(C)C)CC1.I. The Bertz CT molecular complexity index is 705. The summed E-state index contributed by atoms with van der Waals surface area (Å²) in [5, 5.41) is 6.68. The fourth-order valence-electron chi connectivity index (χ4n) is 3.21. The number of hydrogen-bond donors (Lipinski definition) is 3. The Hall–Kier alpha value is -0.910. The Morgan fingerprint density at radius 3 is 2.45 bits per heavy atom. The van der Waals surface area contributed by atoms with Gasteiger partial charge >= 0.3 is 0 Å². The van der Waals surface area contributed by atoms with Gasteiger partial charge in [-0.05, 0) is 39.2 Å². The van der Waals surface area contributed by atoms with Crippen LogP contribution in [0.15, 0.2) is 35.3 Å². The van der Waals surface area contributed by atoms with Crippen molar-refractivity contribution >= 4 is 40.0 Å². The van der Waals surface area contributed by atoms with Crippen LogP contribution in [0.2, 0.25) is 0 Å². The Kier molecular flexibility index (Phi) is 12.1. The maximum atomic E-state index is 12.2. The van der Waals surface area contributed by atoms with Gasteiger partial charge in [0.05, 0.1) is 12.3 Å². The number of likely N-dealkylation sites (tertiary alicyclic amines) is 1. The number of hydrogen-bond acceptors (Lipinski definition) is 4. The highest BCUT2D eigenvalue weighted by Gasteiger charge is 2.21. The van der Waals surface area contributed by atoms with E-state index in [1.165, 1.54) is 0 Å². The molecule has 0 aromatic heterocycles. The Morgan fingerprint density at radius 2 is 1.86 bits per heavy atom. The van der Waals surface area contributed by atoms with Crippen LogP contribution in [-0.2, 0) is 16.6 Å². The van der Waals surface area contributed by atoms with Gasteiger partial charge in [0.15, 0.2) is 5.96 Å².